The number of hydrogen-bond donors (Lipinski definition) is 2. The maximum atomic E-state index is 13.5. The van der Waals surface area contributed by atoms with E-state index in [-0.39, 0.29) is 39.1 Å². The van der Waals surface area contributed by atoms with Crippen molar-refractivity contribution in [2.45, 2.75) is 24.3 Å². The minimum atomic E-state index is -4.21. The highest BCUT2D eigenvalue weighted by atomic mass is 35.5. The molecule has 3 aromatic rings. The number of nitrogens with one attached hydrogen (secondary N) is 2. The lowest BCUT2D eigenvalue weighted by molar-refractivity contribution is -0.117. The number of benzene rings is 3. The van der Waals surface area contributed by atoms with E-state index in [9.17, 15) is 18.0 Å². The summed E-state index contributed by atoms with van der Waals surface area (Å²) in [7, 11) is -0.223. The topological polar surface area (TPSA) is 129 Å². The SMILES string of the molecule is CCOc1ccc(S(=O)(=O)N[C@@H](Cc2ccccc2)C(=O)Nc2cc(OC)c(OC)cc2C(=O)OC)cc1Cl. The number of anilines is 1. The van der Waals surface area contributed by atoms with Gasteiger partial charge in [0.05, 0.1) is 49.1 Å². The molecule has 0 heterocycles. The van der Waals surface area contributed by atoms with Gasteiger partial charge in [-0.05, 0) is 37.1 Å². The van der Waals surface area contributed by atoms with E-state index >= 15 is 0 Å². The van der Waals surface area contributed by atoms with Crippen LogP contribution < -0.4 is 24.2 Å². The maximum Gasteiger partial charge on any atom is 0.340 e. The lowest BCUT2D eigenvalue weighted by Crippen LogP contribution is -2.45. The highest BCUT2D eigenvalue weighted by Gasteiger charge is 2.28. The Labute approximate surface area is 232 Å². The molecule has 0 aromatic heterocycles. The van der Waals surface area contributed by atoms with E-state index in [4.69, 9.17) is 30.5 Å². The number of amides is 1. The molecule has 3 aromatic carbocycles. The maximum absolute atomic E-state index is 13.5. The van der Waals surface area contributed by atoms with Gasteiger partial charge in [0.1, 0.15) is 11.8 Å². The first kappa shape index (κ1) is 29.8. The molecule has 2 N–H and O–H groups in total. The van der Waals surface area contributed by atoms with Crippen LogP contribution in [0, 0.1) is 0 Å². The van der Waals surface area contributed by atoms with Crippen LogP contribution in [-0.4, -0.2) is 54.3 Å². The molecule has 0 aliphatic carbocycles. The van der Waals surface area contributed by atoms with Crippen molar-refractivity contribution in [1.29, 1.82) is 0 Å². The Morgan fingerprint density at radius 3 is 2.18 bits per heavy atom. The van der Waals surface area contributed by atoms with E-state index in [1.165, 1.54) is 51.7 Å². The van der Waals surface area contributed by atoms with Crippen molar-refractivity contribution in [1.82, 2.24) is 4.72 Å². The Bertz CT molecular complexity index is 1430. The monoisotopic (exact) mass is 576 g/mol. The molecule has 0 aliphatic heterocycles. The van der Waals surface area contributed by atoms with Gasteiger partial charge in [0.2, 0.25) is 15.9 Å². The van der Waals surface area contributed by atoms with Crippen LogP contribution in [0.15, 0.2) is 65.6 Å². The third-order valence-electron chi connectivity index (χ3n) is 5.60. The second-order valence-electron chi connectivity index (χ2n) is 8.12. The Morgan fingerprint density at radius 1 is 0.923 bits per heavy atom. The molecule has 39 heavy (non-hydrogen) atoms. The fraction of sp³-hybridized carbons (Fsp3) is 0.259. The van der Waals surface area contributed by atoms with Crippen molar-refractivity contribution in [3.05, 3.63) is 76.8 Å². The molecule has 0 radical (unpaired) electrons. The Morgan fingerprint density at radius 2 is 1.59 bits per heavy atom. The average Bonchev–Trinajstić information content (AvgIpc) is 2.93. The Hall–Kier alpha value is -3.80. The van der Waals surface area contributed by atoms with E-state index in [1.807, 2.05) is 0 Å². The van der Waals surface area contributed by atoms with E-state index in [2.05, 4.69) is 10.0 Å². The van der Waals surface area contributed by atoms with Gasteiger partial charge in [0, 0.05) is 12.1 Å². The number of methoxy groups -OCH3 is 3. The van der Waals surface area contributed by atoms with Gasteiger partial charge in [-0.1, -0.05) is 41.9 Å². The van der Waals surface area contributed by atoms with Gasteiger partial charge in [0.25, 0.3) is 0 Å². The number of carbonyl (C=O) groups is 2. The molecule has 0 aliphatic rings. The summed E-state index contributed by atoms with van der Waals surface area (Å²) in [6, 6.07) is 14.4. The van der Waals surface area contributed by atoms with Crippen LogP contribution >= 0.6 is 11.6 Å². The molecule has 0 fully saturated rings. The van der Waals surface area contributed by atoms with Crippen LogP contribution in [0.5, 0.6) is 17.2 Å². The summed E-state index contributed by atoms with van der Waals surface area (Å²) in [5.74, 6) is -0.651. The van der Waals surface area contributed by atoms with Crippen LogP contribution in [0.4, 0.5) is 5.69 Å². The zero-order valence-electron chi connectivity index (χ0n) is 21.8. The predicted octanol–water partition coefficient (Wildman–Crippen LogP) is 4.07. The van der Waals surface area contributed by atoms with Gasteiger partial charge in [-0.25, -0.2) is 13.2 Å². The zero-order valence-corrected chi connectivity index (χ0v) is 23.4. The molecule has 12 heteroatoms. The van der Waals surface area contributed by atoms with Crippen LogP contribution in [0.3, 0.4) is 0 Å². The van der Waals surface area contributed by atoms with E-state index in [0.717, 1.165) is 0 Å². The number of rotatable bonds is 12. The van der Waals surface area contributed by atoms with Crippen LogP contribution in [0.2, 0.25) is 5.02 Å². The van der Waals surface area contributed by atoms with Crippen LogP contribution in [-0.2, 0) is 26.0 Å². The Balaban J connectivity index is 1.99. The molecular formula is C27H29ClN2O8S. The predicted molar refractivity (Wildman–Crippen MR) is 146 cm³/mol. The smallest absolute Gasteiger partial charge is 0.340 e. The first-order chi connectivity index (χ1) is 18.6. The number of esters is 1. The van der Waals surface area contributed by atoms with Crippen molar-refractivity contribution in [2.24, 2.45) is 0 Å². The number of halogens is 1. The Kier molecular flexibility index (Phi) is 10.2. The van der Waals surface area contributed by atoms with Crippen LogP contribution in [0.25, 0.3) is 0 Å². The minimum absolute atomic E-state index is 0.0110. The lowest BCUT2D eigenvalue weighted by Gasteiger charge is -2.21. The molecular weight excluding hydrogens is 548 g/mol. The number of carbonyl (C=O) groups excluding carboxylic acids is 2. The lowest BCUT2D eigenvalue weighted by atomic mass is 10.1. The molecule has 0 saturated heterocycles. The highest BCUT2D eigenvalue weighted by molar-refractivity contribution is 7.89. The first-order valence-corrected chi connectivity index (χ1v) is 13.6. The molecule has 0 bridgehead atoms. The second kappa shape index (κ2) is 13.3. The summed E-state index contributed by atoms with van der Waals surface area (Å²) in [6.07, 6.45) is 0.0114. The van der Waals surface area contributed by atoms with Gasteiger partial charge in [-0.15, -0.1) is 0 Å². The molecule has 1 amide bonds. The fourth-order valence-electron chi connectivity index (χ4n) is 3.70. The molecule has 0 saturated carbocycles. The average molecular weight is 577 g/mol. The summed E-state index contributed by atoms with van der Waals surface area (Å²) >= 11 is 6.20. The number of sulfonamides is 1. The molecule has 3 rings (SSSR count). The molecule has 0 spiro atoms. The van der Waals surface area contributed by atoms with Crippen molar-refractivity contribution >= 4 is 39.2 Å². The van der Waals surface area contributed by atoms with Crippen molar-refractivity contribution in [2.75, 3.05) is 33.3 Å². The molecule has 208 valence electrons. The summed E-state index contributed by atoms with van der Waals surface area (Å²) in [4.78, 5) is 25.9. The first-order valence-electron chi connectivity index (χ1n) is 11.8. The van der Waals surface area contributed by atoms with Gasteiger partial charge >= 0.3 is 5.97 Å². The zero-order chi connectivity index (χ0) is 28.6. The van der Waals surface area contributed by atoms with E-state index in [0.29, 0.717) is 17.9 Å². The van der Waals surface area contributed by atoms with Gasteiger partial charge in [0.15, 0.2) is 11.5 Å². The normalized spacial score (nSPS) is 11.8. The molecule has 1 atom stereocenters. The summed E-state index contributed by atoms with van der Waals surface area (Å²) in [5, 5.41) is 2.74. The standard InChI is InChI=1S/C27H29ClN2O8S/c1-5-38-23-12-11-18(14-20(23)28)39(33,34)30-22(13-17-9-7-6-8-10-17)26(31)29-21-16-25(36-3)24(35-2)15-19(21)27(32)37-4/h6-12,14-16,22,30H,5,13H2,1-4H3,(H,29,31)/t22-/m0/s1. The van der Waals surface area contributed by atoms with Crippen molar-refractivity contribution in [3.63, 3.8) is 0 Å². The van der Waals surface area contributed by atoms with E-state index < -0.39 is 27.9 Å². The largest absolute Gasteiger partial charge is 0.493 e. The minimum Gasteiger partial charge on any atom is -0.493 e. The summed E-state index contributed by atoms with van der Waals surface area (Å²) in [5.41, 5.74) is 0.736. The van der Waals surface area contributed by atoms with Crippen LogP contribution in [0.1, 0.15) is 22.8 Å². The summed E-state index contributed by atoms with van der Waals surface area (Å²) in [6.45, 7) is 2.13. The fourth-order valence-corrected chi connectivity index (χ4v) is 5.22. The van der Waals surface area contributed by atoms with Gasteiger partial charge < -0.3 is 24.3 Å². The number of ether oxygens (including phenoxy) is 4. The van der Waals surface area contributed by atoms with Crippen molar-refractivity contribution in [3.8, 4) is 17.2 Å². The third kappa shape index (κ3) is 7.41. The van der Waals surface area contributed by atoms with E-state index in [1.54, 1.807) is 37.3 Å². The number of hydrogen-bond acceptors (Lipinski definition) is 8. The molecule has 10 nitrogen and oxygen atoms in total. The highest BCUT2D eigenvalue weighted by Crippen LogP contribution is 2.34. The third-order valence-corrected chi connectivity index (χ3v) is 7.36. The van der Waals surface area contributed by atoms with Gasteiger partial charge in [-0.2, -0.15) is 4.72 Å². The molecule has 0 unspecified atom stereocenters. The quantitative estimate of drug-likeness (QED) is 0.309. The van der Waals surface area contributed by atoms with Gasteiger partial charge in [-0.3, -0.25) is 4.79 Å². The van der Waals surface area contributed by atoms with Crippen molar-refractivity contribution < 1.29 is 37.0 Å². The second-order valence-corrected chi connectivity index (χ2v) is 10.2. The summed E-state index contributed by atoms with van der Waals surface area (Å²) < 4.78 is 49.9.